The van der Waals surface area contributed by atoms with Crippen molar-refractivity contribution in [3.8, 4) is 0 Å². The summed E-state index contributed by atoms with van der Waals surface area (Å²) in [4.78, 5) is 5.18. The van der Waals surface area contributed by atoms with Crippen LogP contribution in [0, 0.1) is 0 Å². The van der Waals surface area contributed by atoms with Crippen LogP contribution in [0.15, 0.2) is 36.5 Å². The summed E-state index contributed by atoms with van der Waals surface area (Å²) in [5, 5.41) is 10.4. The van der Waals surface area contributed by atoms with Gasteiger partial charge in [0.05, 0.1) is 11.0 Å². The summed E-state index contributed by atoms with van der Waals surface area (Å²) >= 11 is 1.48. The van der Waals surface area contributed by atoms with Crippen LogP contribution < -0.4 is 0 Å². The molecule has 0 amide bonds. The number of benzene rings is 1. The van der Waals surface area contributed by atoms with Crippen LogP contribution in [0.2, 0.25) is 0 Å². The zero-order valence-corrected chi connectivity index (χ0v) is 10.6. The molecule has 2 unspecified atom stereocenters. The molecule has 1 aromatic heterocycles. The molecule has 0 saturated heterocycles. The predicted octanol–water partition coefficient (Wildman–Crippen LogP) is 2.93. The average Bonchev–Trinajstić information content (AvgIpc) is 2.81. The molecule has 1 aromatic carbocycles. The molecule has 0 fully saturated rings. The monoisotopic (exact) mass is 249 g/mol. The normalized spacial score (nSPS) is 14.5. The van der Waals surface area contributed by atoms with E-state index in [4.69, 9.17) is 4.74 Å². The smallest absolute Gasteiger partial charge is 0.134 e. The fourth-order valence-corrected chi connectivity index (χ4v) is 2.58. The van der Waals surface area contributed by atoms with Crippen molar-refractivity contribution < 1.29 is 9.84 Å². The largest absolute Gasteiger partial charge is 0.388 e. The van der Waals surface area contributed by atoms with Crippen molar-refractivity contribution in [1.29, 1.82) is 0 Å². The number of thiazole rings is 1. The van der Waals surface area contributed by atoms with Gasteiger partial charge in [-0.25, -0.2) is 4.98 Å². The number of nitrogens with zero attached hydrogens (tertiary/aromatic N) is 1. The minimum Gasteiger partial charge on any atom is -0.388 e. The molecule has 0 radical (unpaired) electrons. The first kappa shape index (κ1) is 12.2. The van der Waals surface area contributed by atoms with E-state index >= 15 is 0 Å². The van der Waals surface area contributed by atoms with Crippen molar-refractivity contribution in [2.24, 2.45) is 0 Å². The Morgan fingerprint density at radius 3 is 2.53 bits per heavy atom. The van der Waals surface area contributed by atoms with Crippen LogP contribution >= 0.6 is 11.3 Å². The van der Waals surface area contributed by atoms with Gasteiger partial charge < -0.3 is 9.84 Å². The van der Waals surface area contributed by atoms with Gasteiger partial charge in [-0.15, -0.1) is 11.3 Å². The molecule has 17 heavy (non-hydrogen) atoms. The Bertz CT molecular complexity index is 467. The van der Waals surface area contributed by atoms with Crippen molar-refractivity contribution in [2.45, 2.75) is 19.1 Å². The van der Waals surface area contributed by atoms with E-state index < -0.39 is 6.10 Å². The Balaban J connectivity index is 2.29. The Morgan fingerprint density at radius 1 is 1.29 bits per heavy atom. The molecule has 90 valence electrons. The standard InChI is InChI=1S/C13H15NO2S/c1-9(15)11-8-14-13(17-11)12(16-2)10-6-4-3-5-7-10/h3-9,12,15H,1-2H3. The van der Waals surface area contributed by atoms with E-state index in [0.29, 0.717) is 0 Å². The lowest BCUT2D eigenvalue weighted by Gasteiger charge is -2.12. The van der Waals surface area contributed by atoms with E-state index in [2.05, 4.69) is 4.98 Å². The van der Waals surface area contributed by atoms with Crippen molar-refractivity contribution in [1.82, 2.24) is 4.98 Å². The molecule has 1 heterocycles. The molecule has 0 spiro atoms. The van der Waals surface area contributed by atoms with E-state index in [1.165, 1.54) is 11.3 Å². The van der Waals surface area contributed by atoms with Gasteiger partial charge >= 0.3 is 0 Å². The fraction of sp³-hybridized carbons (Fsp3) is 0.308. The Labute approximate surface area is 105 Å². The highest BCUT2D eigenvalue weighted by atomic mass is 32.1. The third-order valence-electron chi connectivity index (χ3n) is 2.52. The Morgan fingerprint density at radius 2 is 2.00 bits per heavy atom. The van der Waals surface area contributed by atoms with Crippen LogP contribution in [0.1, 0.15) is 34.6 Å². The predicted molar refractivity (Wildman–Crippen MR) is 68.0 cm³/mol. The molecule has 0 bridgehead atoms. The average molecular weight is 249 g/mol. The van der Waals surface area contributed by atoms with Gasteiger partial charge in [-0.2, -0.15) is 0 Å². The highest BCUT2D eigenvalue weighted by Crippen LogP contribution is 2.30. The van der Waals surface area contributed by atoms with Gasteiger partial charge in [0, 0.05) is 13.3 Å². The Kier molecular flexibility index (Phi) is 3.89. The van der Waals surface area contributed by atoms with Crippen LogP contribution in [0.25, 0.3) is 0 Å². The fourth-order valence-electron chi connectivity index (χ4n) is 1.62. The molecular formula is C13H15NO2S. The molecule has 1 N–H and O–H groups in total. The summed E-state index contributed by atoms with van der Waals surface area (Å²) in [5.74, 6) is 0. The molecule has 0 aliphatic carbocycles. The quantitative estimate of drug-likeness (QED) is 0.906. The second kappa shape index (κ2) is 5.40. The molecule has 4 heteroatoms. The SMILES string of the molecule is COC(c1ccccc1)c1ncc(C(C)O)s1. The van der Waals surface area contributed by atoms with Gasteiger partial charge in [0.15, 0.2) is 0 Å². The second-order valence-corrected chi connectivity index (χ2v) is 4.90. The minimum atomic E-state index is -0.477. The van der Waals surface area contributed by atoms with E-state index in [-0.39, 0.29) is 6.10 Å². The summed E-state index contributed by atoms with van der Waals surface area (Å²) in [6, 6.07) is 9.95. The highest BCUT2D eigenvalue weighted by molar-refractivity contribution is 7.11. The number of ether oxygens (including phenoxy) is 1. The van der Waals surface area contributed by atoms with Crippen molar-refractivity contribution in [2.75, 3.05) is 7.11 Å². The third-order valence-corrected chi connectivity index (χ3v) is 3.73. The lowest BCUT2D eigenvalue weighted by atomic mass is 10.1. The summed E-state index contributed by atoms with van der Waals surface area (Å²) in [6.07, 6.45) is 1.07. The molecular weight excluding hydrogens is 234 g/mol. The van der Waals surface area contributed by atoms with E-state index in [1.54, 1.807) is 20.2 Å². The van der Waals surface area contributed by atoms with Gasteiger partial charge in [0.25, 0.3) is 0 Å². The van der Waals surface area contributed by atoms with Gasteiger partial charge in [-0.1, -0.05) is 30.3 Å². The van der Waals surface area contributed by atoms with Crippen molar-refractivity contribution in [3.63, 3.8) is 0 Å². The van der Waals surface area contributed by atoms with Gasteiger partial charge in [0.2, 0.25) is 0 Å². The van der Waals surface area contributed by atoms with E-state index in [0.717, 1.165) is 15.4 Å². The molecule has 2 atom stereocenters. The summed E-state index contributed by atoms with van der Waals surface area (Å²) in [5.41, 5.74) is 1.07. The number of hydrogen-bond acceptors (Lipinski definition) is 4. The van der Waals surface area contributed by atoms with Crippen LogP contribution in [-0.4, -0.2) is 17.2 Å². The van der Waals surface area contributed by atoms with Crippen LogP contribution in [0.5, 0.6) is 0 Å². The summed E-state index contributed by atoms with van der Waals surface area (Å²) < 4.78 is 5.48. The van der Waals surface area contributed by atoms with Gasteiger partial charge in [-0.3, -0.25) is 0 Å². The lowest BCUT2D eigenvalue weighted by Crippen LogP contribution is -2.02. The number of aliphatic hydroxyl groups is 1. The first-order chi connectivity index (χ1) is 8.22. The van der Waals surface area contributed by atoms with E-state index in [1.807, 2.05) is 30.3 Å². The maximum atomic E-state index is 9.49. The molecule has 2 aromatic rings. The number of rotatable bonds is 4. The van der Waals surface area contributed by atoms with Gasteiger partial charge in [0.1, 0.15) is 11.1 Å². The van der Waals surface area contributed by atoms with E-state index in [9.17, 15) is 5.11 Å². The van der Waals surface area contributed by atoms with Crippen molar-refractivity contribution in [3.05, 3.63) is 52.0 Å². The first-order valence-electron chi connectivity index (χ1n) is 5.43. The summed E-state index contributed by atoms with van der Waals surface area (Å²) in [7, 11) is 1.67. The third kappa shape index (κ3) is 2.72. The highest BCUT2D eigenvalue weighted by Gasteiger charge is 2.18. The van der Waals surface area contributed by atoms with Crippen molar-refractivity contribution >= 4 is 11.3 Å². The maximum Gasteiger partial charge on any atom is 0.134 e. The molecule has 2 rings (SSSR count). The zero-order chi connectivity index (χ0) is 12.3. The Hall–Kier alpha value is -1.23. The summed E-state index contributed by atoms with van der Waals surface area (Å²) in [6.45, 7) is 1.74. The van der Waals surface area contributed by atoms with Gasteiger partial charge in [-0.05, 0) is 12.5 Å². The molecule has 3 nitrogen and oxygen atoms in total. The van der Waals surface area contributed by atoms with Crippen LogP contribution in [-0.2, 0) is 4.74 Å². The number of methoxy groups -OCH3 is 1. The number of aliphatic hydroxyl groups excluding tert-OH is 1. The second-order valence-electron chi connectivity index (χ2n) is 3.80. The zero-order valence-electron chi connectivity index (χ0n) is 9.83. The molecule has 0 saturated carbocycles. The minimum absolute atomic E-state index is 0.159. The number of hydrogen-bond donors (Lipinski definition) is 1. The number of aromatic nitrogens is 1. The van der Waals surface area contributed by atoms with Crippen LogP contribution in [0.4, 0.5) is 0 Å². The lowest BCUT2D eigenvalue weighted by molar-refractivity contribution is 0.136. The maximum absolute atomic E-state index is 9.49. The topological polar surface area (TPSA) is 42.4 Å². The first-order valence-corrected chi connectivity index (χ1v) is 6.25. The molecule has 0 aliphatic heterocycles. The molecule has 0 aliphatic rings. The van der Waals surface area contributed by atoms with Crippen LogP contribution in [0.3, 0.4) is 0 Å².